The summed E-state index contributed by atoms with van der Waals surface area (Å²) in [7, 11) is 0. The van der Waals surface area contributed by atoms with Gasteiger partial charge < -0.3 is 10.4 Å². The smallest absolute Gasteiger partial charge is 0.251 e. The molecule has 0 spiro atoms. The van der Waals surface area contributed by atoms with Gasteiger partial charge in [-0.1, -0.05) is 49.2 Å². The molecule has 0 saturated heterocycles. The molecule has 2 aromatic carbocycles. The first-order valence-corrected chi connectivity index (χ1v) is 9.15. The minimum absolute atomic E-state index is 0.131. The molecule has 2 N–H and O–H groups in total. The predicted octanol–water partition coefficient (Wildman–Crippen LogP) is 3.94. The van der Waals surface area contributed by atoms with Crippen molar-refractivity contribution in [2.24, 2.45) is 0 Å². The van der Waals surface area contributed by atoms with Crippen LogP contribution in [0.5, 0.6) is 0 Å². The highest BCUT2D eigenvalue weighted by molar-refractivity contribution is 5.97. The molecule has 0 bridgehead atoms. The number of carbonyl (C=O) groups is 1. The van der Waals surface area contributed by atoms with E-state index in [9.17, 15) is 9.90 Å². The Bertz CT molecular complexity index is 916. The molecule has 132 valence electrons. The van der Waals surface area contributed by atoms with Gasteiger partial charge in [0.05, 0.1) is 17.8 Å². The van der Waals surface area contributed by atoms with Crippen LogP contribution in [0, 0.1) is 0 Å². The van der Waals surface area contributed by atoms with Gasteiger partial charge in [0.15, 0.2) is 0 Å². The quantitative estimate of drug-likeness (QED) is 0.755. The van der Waals surface area contributed by atoms with Crippen LogP contribution < -0.4 is 5.32 Å². The lowest BCUT2D eigenvalue weighted by atomic mass is 9.92. The van der Waals surface area contributed by atoms with E-state index in [0.717, 1.165) is 47.7 Å². The van der Waals surface area contributed by atoms with E-state index in [0.29, 0.717) is 5.56 Å². The molecular weight excluding hydrogens is 324 g/mol. The summed E-state index contributed by atoms with van der Waals surface area (Å²) in [5.74, 6) is -0.131. The molecule has 0 radical (unpaired) electrons. The van der Waals surface area contributed by atoms with Crippen molar-refractivity contribution in [1.29, 1.82) is 0 Å². The van der Waals surface area contributed by atoms with Crippen LogP contribution in [0.15, 0.2) is 60.8 Å². The number of hydrogen-bond donors (Lipinski definition) is 2. The van der Waals surface area contributed by atoms with Crippen molar-refractivity contribution in [3.05, 3.63) is 66.4 Å². The van der Waals surface area contributed by atoms with E-state index in [1.54, 1.807) is 0 Å². The summed E-state index contributed by atoms with van der Waals surface area (Å²) < 4.78 is 0. The van der Waals surface area contributed by atoms with Crippen molar-refractivity contribution in [2.45, 2.75) is 37.8 Å². The minimum atomic E-state index is -0.438. The summed E-state index contributed by atoms with van der Waals surface area (Å²) in [6.45, 7) is 0. The molecule has 1 heterocycles. The first-order valence-electron chi connectivity index (χ1n) is 9.15. The molecule has 1 amide bonds. The Hall–Kier alpha value is -2.72. The standard InChI is InChI=1S/C22H22N2O2/c25-20-8-4-3-7-19(20)24-22(26)17-11-9-16(10-12-17)21-18-6-2-1-5-15(18)13-14-23-21/h1-2,5-6,9-14,19-20,25H,3-4,7-8H2,(H,24,26)/t19-,20-/m0/s1. The van der Waals surface area contributed by atoms with Crippen LogP contribution >= 0.6 is 0 Å². The van der Waals surface area contributed by atoms with Crippen molar-refractivity contribution in [3.8, 4) is 11.3 Å². The van der Waals surface area contributed by atoms with Gasteiger partial charge in [-0.2, -0.15) is 0 Å². The number of carbonyl (C=O) groups excluding carboxylic acids is 1. The van der Waals surface area contributed by atoms with Gasteiger partial charge in [0.25, 0.3) is 5.91 Å². The van der Waals surface area contributed by atoms with E-state index in [4.69, 9.17) is 0 Å². The minimum Gasteiger partial charge on any atom is -0.391 e. The molecule has 1 fully saturated rings. The van der Waals surface area contributed by atoms with E-state index in [1.165, 1.54) is 0 Å². The van der Waals surface area contributed by atoms with Crippen LogP contribution in [-0.2, 0) is 0 Å². The van der Waals surface area contributed by atoms with Gasteiger partial charge in [0.2, 0.25) is 0 Å². The van der Waals surface area contributed by atoms with E-state index < -0.39 is 6.10 Å². The third-order valence-corrected chi connectivity index (χ3v) is 5.14. The van der Waals surface area contributed by atoms with Gasteiger partial charge in [-0.05, 0) is 36.4 Å². The maximum Gasteiger partial charge on any atom is 0.251 e. The van der Waals surface area contributed by atoms with Crippen LogP contribution in [0.1, 0.15) is 36.0 Å². The first-order chi connectivity index (χ1) is 12.7. The predicted molar refractivity (Wildman–Crippen MR) is 103 cm³/mol. The van der Waals surface area contributed by atoms with Crippen molar-refractivity contribution >= 4 is 16.7 Å². The number of aliphatic hydroxyl groups excluding tert-OH is 1. The maximum atomic E-state index is 12.5. The lowest BCUT2D eigenvalue weighted by Gasteiger charge is -2.28. The monoisotopic (exact) mass is 346 g/mol. The van der Waals surface area contributed by atoms with Crippen LogP contribution in [0.3, 0.4) is 0 Å². The molecule has 2 atom stereocenters. The van der Waals surface area contributed by atoms with Crippen LogP contribution in [0.4, 0.5) is 0 Å². The number of aromatic nitrogens is 1. The summed E-state index contributed by atoms with van der Waals surface area (Å²) in [4.78, 5) is 17.0. The van der Waals surface area contributed by atoms with Crippen molar-refractivity contribution in [1.82, 2.24) is 10.3 Å². The van der Waals surface area contributed by atoms with Crippen LogP contribution in [-0.4, -0.2) is 28.1 Å². The van der Waals surface area contributed by atoms with Crippen molar-refractivity contribution < 1.29 is 9.90 Å². The summed E-state index contributed by atoms with van der Waals surface area (Å²) in [6, 6.07) is 17.5. The number of nitrogens with zero attached hydrogens (tertiary/aromatic N) is 1. The molecule has 26 heavy (non-hydrogen) atoms. The molecule has 0 aliphatic heterocycles. The summed E-state index contributed by atoms with van der Waals surface area (Å²) >= 11 is 0. The molecule has 4 nitrogen and oxygen atoms in total. The molecule has 3 aromatic rings. The zero-order valence-electron chi connectivity index (χ0n) is 14.6. The fraction of sp³-hybridized carbons (Fsp3) is 0.273. The van der Waals surface area contributed by atoms with E-state index >= 15 is 0 Å². The van der Waals surface area contributed by atoms with Crippen molar-refractivity contribution in [2.75, 3.05) is 0 Å². The number of amides is 1. The summed E-state index contributed by atoms with van der Waals surface area (Å²) in [6.07, 6.45) is 5.05. The lowest BCUT2D eigenvalue weighted by Crippen LogP contribution is -2.45. The van der Waals surface area contributed by atoms with Gasteiger partial charge in [0, 0.05) is 22.7 Å². The molecule has 4 heteroatoms. The second-order valence-corrected chi connectivity index (χ2v) is 6.89. The molecular formula is C22H22N2O2. The van der Waals surface area contributed by atoms with Crippen molar-refractivity contribution in [3.63, 3.8) is 0 Å². The number of aliphatic hydroxyl groups is 1. The highest BCUT2D eigenvalue weighted by Crippen LogP contribution is 2.26. The average Bonchev–Trinajstić information content (AvgIpc) is 2.69. The Labute approximate surface area is 152 Å². The van der Waals surface area contributed by atoms with Gasteiger partial charge in [-0.25, -0.2) is 0 Å². The number of fused-ring (bicyclic) bond motifs is 1. The number of nitrogens with one attached hydrogen (secondary N) is 1. The molecule has 4 rings (SSSR count). The number of pyridine rings is 1. The highest BCUT2D eigenvalue weighted by Gasteiger charge is 2.24. The molecule has 1 aromatic heterocycles. The third-order valence-electron chi connectivity index (χ3n) is 5.14. The van der Waals surface area contributed by atoms with Crippen LogP contribution in [0.25, 0.3) is 22.0 Å². The maximum absolute atomic E-state index is 12.5. The van der Waals surface area contributed by atoms with Gasteiger partial charge in [0.1, 0.15) is 0 Å². The SMILES string of the molecule is O=C(N[C@H]1CCCC[C@@H]1O)c1ccc(-c2nccc3ccccc23)cc1. The fourth-order valence-corrected chi connectivity index (χ4v) is 3.66. The number of rotatable bonds is 3. The summed E-state index contributed by atoms with van der Waals surface area (Å²) in [5, 5.41) is 15.2. The normalized spacial score (nSPS) is 20.0. The van der Waals surface area contributed by atoms with E-state index in [1.807, 2.05) is 48.7 Å². The second kappa shape index (κ2) is 7.26. The average molecular weight is 346 g/mol. The fourth-order valence-electron chi connectivity index (χ4n) is 3.66. The topological polar surface area (TPSA) is 62.2 Å². The van der Waals surface area contributed by atoms with Gasteiger partial charge in [-0.15, -0.1) is 0 Å². The zero-order valence-corrected chi connectivity index (χ0v) is 14.6. The largest absolute Gasteiger partial charge is 0.391 e. The van der Waals surface area contributed by atoms with Gasteiger partial charge >= 0.3 is 0 Å². The zero-order chi connectivity index (χ0) is 17.9. The van der Waals surface area contributed by atoms with Gasteiger partial charge in [-0.3, -0.25) is 9.78 Å². The Morgan fingerprint density at radius 1 is 1.00 bits per heavy atom. The second-order valence-electron chi connectivity index (χ2n) is 6.89. The Kier molecular flexibility index (Phi) is 4.67. The Balaban J connectivity index is 1.55. The number of hydrogen-bond acceptors (Lipinski definition) is 3. The molecule has 1 saturated carbocycles. The lowest BCUT2D eigenvalue weighted by molar-refractivity contribution is 0.0717. The molecule has 1 aliphatic rings. The van der Waals surface area contributed by atoms with E-state index in [2.05, 4.69) is 22.4 Å². The number of benzene rings is 2. The Morgan fingerprint density at radius 2 is 1.77 bits per heavy atom. The highest BCUT2D eigenvalue weighted by atomic mass is 16.3. The van der Waals surface area contributed by atoms with E-state index in [-0.39, 0.29) is 11.9 Å². The summed E-state index contributed by atoms with van der Waals surface area (Å²) in [5.41, 5.74) is 2.50. The molecule has 1 aliphatic carbocycles. The first kappa shape index (κ1) is 16.7. The third kappa shape index (κ3) is 3.33. The van der Waals surface area contributed by atoms with Crippen LogP contribution in [0.2, 0.25) is 0 Å². The molecule has 0 unspecified atom stereocenters. The Morgan fingerprint density at radius 3 is 2.58 bits per heavy atom.